The van der Waals surface area contributed by atoms with Gasteiger partial charge in [0.25, 0.3) is 11.8 Å². The first-order valence-electron chi connectivity index (χ1n) is 8.04. The summed E-state index contributed by atoms with van der Waals surface area (Å²) in [4.78, 5) is 47.0. The molecule has 0 fully saturated rings. The third-order valence-corrected chi connectivity index (χ3v) is 4.33. The fourth-order valence-corrected chi connectivity index (χ4v) is 2.96. The van der Waals surface area contributed by atoms with Crippen molar-refractivity contribution in [2.45, 2.75) is 19.4 Å². The van der Waals surface area contributed by atoms with E-state index in [0.29, 0.717) is 10.8 Å². The Bertz CT molecular complexity index is 931. The summed E-state index contributed by atoms with van der Waals surface area (Å²) in [5, 5.41) is 4.42. The predicted octanol–water partition coefficient (Wildman–Crippen LogP) is 2.24. The highest BCUT2D eigenvalue weighted by Gasteiger charge is 2.41. The van der Waals surface area contributed by atoms with Crippen LogP contribution in [0.5, 0.6) is 0 Å². The van der Waals surface area contributed by atoms with Crippen LogP contribution < -0.4 is 0 Å². The van der Waals surface area contributed by atoms with Crippen molar-refractivity contribution in [2.24, 2.45) is 5.16 Å². The number of carbonyl (C=O) groups is 3. The van der Waals surface area contributed by atoms with Crippen LogP contribution >= 0.6 is 0 Å². The lowest BCUT2D eigenvalue weighted by Gasteiger charge is -2.14. The third kappa shape index (κ3) is 2.54. The highest BCUT2D eigenvalue weighted by molar-refractivity contribution is 6.21. The minimum atomic E-state index is -1.01. The molecule has 130 valence electrons. The van der Waals surface area contributed by atoms with Crippen LogP contribution in [0.2, 0.25) is 0 Å². The molecule has 0 spiro atoms. The maximum Gasteiger partial charge on any atom is 0.376 e. The molecule has 0 aromatic heterocycles. The number of amides is 2. The van der Waals surface area contributed by atoms with Crippen LogP contribution in [0, 0.1) is 6.92 Å². The van der Waals surface area contributed by atoms with Gasteiger partial charge < -0.3 is 9.68 Å². The number of hydrogen-bond donors (Lipinski definition) is 0. The van der Waals surface area contributed by atoms with Crippen LogP contribution in [-0.4, -0.2) is 34.7 Å². The molecule has 1 unspecified atom stereocenters. The summed E-state index contributed by atoms with van der Waals surface area (Å²) in [5.41, 5.74) is 2.91. The van der Waals surface area contributed by atoms with Crippen LogP contribution in [0.25, 0.3) is 0 Å². The molecular weight excluding hydrogens is 336 g/mol. The van der Waals surface area contributed by atoms with Crippen LogP contribution in [0.4, 0.5) is 0 Å². The molecule has 0 aliphatic carbocycles. The van der Waals surface area contributed by atoms with E-state index >= 15 is 0 Å². The van der Waals surface area contributed by atoms with E-state index in [-0.39, 0.29) is 17.5 Å². The summed E-state index contributed by atoms with van der Waals surface area (Å²) in [6.07, 6.45) is -0.804. The van der Waals surface area contributed by atoms with Gasteiger partial charge in [0.15, 0.2) is 0 Å². The Kier molecular flexibility index (Phi) is 3.76. The minimum absolute atomic E-state index is 0.201. The quantitative estimate of drug-likeness (QED) is 0.793. The van der Waals surface area contributed by atoms with Gasteiger partial charge >= 0.3 is 5.97 Å². The second-order valence-corrected chi connectivity index (χ2v) is 6.01. The normalized spacial score (nSPS) is 18.4. The molecule has 0 N–H and O–H groups in total. The zero-order chi connectivity index (χ0) is 18.3. The van der Waals surface area contributed by atoms with Crippen molar-refractivity contribution in [3.8, 4) is 0 Å². The lowest BCUT2D eigenvalue weighted by atomic mass is 10.0. The first-order valence-corrected chi connectivity index (χ1v) is 8.04. The minimum Gasteiger partial charge on any atom is -0.380 e. The van der Waals surface area contributed by atoms with E-state index in [4.69, 9.17) is 9.68 Å². The van der Waals surface area contributed by atoms with Crippen LogP contribution in [0.1, 0.15) is 38.3 Å². The van der Waals surface area contributed by atoms with Gasteiger partial charge in [-0.2, -0.15) is 0 Å². The van der Waals surface area contributed by atoms with Crippen molar-refractivity contribution >= 4 is 23.5 Å². The Morgan fingerprint density at radius 3 is 2.23 bits per heavy atom. The highest BCUT2D eigenvalue weighted by Crippen LogP contribution is 2.25. The Morgan fingerprint density at radius 1 is 1.04 bits per heavy atom. The smallest absolute Gasteiger partial charge is 0.376 e. The lowest BCUT2D eigenvalue weighted by Crippen LogP contribution is -2.37. The van der Waals surface area contributed by atoms with E-state index in [1.807, 2.05) is 31.2 Å². The molecule has 4 rings (SSSR count). The standard InChI is InChI=1S/C19H14N2O5/c1-11-6-2-3-7-12(11)15-10-16(25-20-15)19(24)26-21-17(22)13-8-4-5-9-14(13)18(21)23/h2-9,16H,10H2,1H3. The summed E-state index contributed by atoms with van der Waals surface area (Å²) < 4.78 is 0. The average Bonchev–Trinajstić information content (AvgIpc) is 3.23. The van der Waals surface area contributed by atoms with Crippen molar-refractivity contribution in [1.82, 2.24) is 5.06 Å². The maximum absolute atomic E-state index is 12.3. The zero-order valence-electron chi connectivity index (χ0n) is 13.8. The Balaban J connectivity index is 1.45. The van der Waals surface area contributed by atoms with Gasteiger partial charge in [-0.1, -0.05) is 46.6 Å². The van der Waals surface area contributed by atoms with Gasteiger partial charge in [0.05, 0.1) is 16.8 Å². The number of oxime groups is 1. The Hall–Kier alpha value is -3.48. The summed E-state index contributed by atoms with van der Waals surface area (Å²) >= 11 is 0. The Morgan fingerprint density at radius 2 is 1.62 bits per heavy atom. The zero-order valence-corrected chi connectivity index (χ0v) is 13.8. The van der Waals surface area contributed by atoms with E-state index in [9.17, 15) is 14.4 Å². The van der Waals surface area contributed by atoms with Crippen molar-refractivity contribution in [1.29, 1.82) is 0 Å². The molecule has 2 aliphatic heterocycles. The molecule has 0 radical (unpaired) electrons. The maximum atomic E-state index is 12.3. The van der Waals surface area contributed by atoms with Gasteiger partial charge in [-0.25, -0.2) is 4.79 Å². The van der Waals surface area contributed by atoms with E-state index in [1.54, 1.807) is 12.1 Å². The molecule has 26 heavy (non-hydrogen) atoms. The Labute approximate surface area is 148 Å². The molecule has 7 nitrogen and oxygen atoms in total. The third-order valence-electron chi connectivity index (χ3n) is 4.33. The lowest BCUT2D eigenvalue weighted by molar-refractivity contribution is -0.180. The number of fused-ring (bicyclic) bond motifs is 1. The highest BCUT2D eigenvalue weighted by atomic mass is 16.7. The van der Waals surface area contributed by atoms with Gasteiger partial charge in [-0.3, -0.25) is 9.59 Å². The van der Waals surface area contributed by atoms with Crippen molar-refractivity contribution in [3.05, 3.63) is 70.8 Å². The summed E-state index contributed by atoms with van der Waals surface area (Å²) in [7, 11) is 0. The number of hydrogen-bond acceptors (Lipinski definition) is 6. The molecule has 0 saturated carbocycles. The summed E-state index contributed by atoms with van der Waals surface area (Å²) in [6.45, 7) is 1.93. The van der Waals surface area contributed by atoms with Gasteiger partial charge in [0, 0.05) is 12.0 Å². The molecule has 0 saturated heterocycles. The number of aryl methyl sites for hydroxylation is 1. The average molecular weight is 350 g/mol. The van der Waals surface area contributed by atoms with Gasteiger partial charge in [-0.05, 0) is 24.6 Å². The molecule has 7 heteroatoms. The number of hydroxylamine groups is 2. The van der Waals surface area contributed by atoms with Crippen molar-refractivity contribution < 1.29 is 24.1 Å². The molecule has 0 bridgehead atoms. The van der Waals surface area contributed by atoms with E-state index in [0.717, 1.165) is 11.1 Å². The number of rotatable bonds is 3. The van der Waals surface area contributed by atoms with Gasteiger partial charge in [0.2, 0.25) is 6.10 Å². The molecule has 1 atom stereocenters. The second-order valence-electron chi connectivity index (χ2n) is 6.01. The molecule has 2 aromatic carbocycles. The number of imide groups is 1. The first-order chi connectivity index (χ1) is 12.6. The first kappa shape index (κ1) is 16.0. The molecule has 2 amide bonds. The summed E-state index contributed by atoms with van der Waals surface area (Å²) in [6, 6.07) is 13.9. The van der Waals surface area contributed by atoms with Crippen molar-refractivity contribution in [2.75, 3.05) is 0 Å². The van der Waals surface area contributed by atoms with E-state index in [1.165, 1.54) is 12.1 Å². The molecular formula is C19H14N2O5. The monoisotopic (exact) mass is 350 g/mol. The van der Waals surface area contributed by atoms with E-state index < -0.39 is 23.9 Å². The van der Waals surface area contributed by atoms with Crippen LogP contribution in [0.15, 0.2) is 53.7 Å². The van der Waals surface area contributed by atoms with Crippen LogP contribution in [0.3, 0.4) is 0 Å². The fourth-order valence-electron chi connectivity index (χ4n) is 2.96. The molecule has 2 heterocycles. The van der Waals surface area contributed by atoms with E-state index in [2.05, 4.69) is 5.16 Å². The number of benzene rings is 2. The topological polar surface area (TPSA) is 85.3 Å². The largest absolute Gasteiger partial charge is 0.380 e. The van der Waals surface area contributed by atoms with Gasteiger partial charge in [0.1, 0.15) is 0 Å². The fraction of sp³-hybridized carbons (Fsp3) is 0.158. The molecule has 2 aliphatic rings. The molecule has 2 aromatic rings. The number of nitrogens with zero attached hydrogens (tertiary/aromatic N) is 2. The van der Waals surface area contributed by atoms with Crippen molar-refractivity contribution in [3.63, 3.8) is 0 Å². The summed E-state index contributed by atoms with van der Waals surface area (Å²) in [5.74, 6) is -2.18. The van der Waals surface area contributed by atoms with Crippen LogP contribution in [-0.2, 0) is 14.5 Å². The SMILES string of the molecule is Cc1ccccc1C1=NOC(C(=O)ON2C(=O)c3ccccc3C2=O)C1. The van der Waals surface area contributed by atoms with Gasteiger partial charge in [-0.15, -0.1) is 0 Å². The number of carbonyl (C=O) groups excluding carboxylic acids is 3. The predicted molar refractivity (Wildman–Crippen MR) is 90.2 cm³/mol. The second kappa shape index (κ2) is 6.11.